The number of carbonyl (C=O) groups is 1. The summed E-state index contributed by atoms with van der Waals surface area (Å²) >= 11 is 0. The molecule has 1 fully saturated rings. The fourth-order valence-corrected chi connectivity index (χ4v) is 2.96. The highest BCUT2D eigenvalue weighted by Crippen LogP contribution is 2.27. The fourth-order valence-electron chi connectivity index (χ4n) is 2.96. The Labute approximate surface area is 124 Å². The SMILES string of the molecule is O=C(O)c1ccn(C2CCOCC2)c1Cc1ccccc1. The van der Waals surface area contributed by atoms with Gasteiger partial charge in [-0.3, -0.25) is 0 Å². The monoisotopic (exact) mass is 285 g/mol. The van der Waals surface area contributed by atoms with Crippen LogP contribution in [-0.4, -0.2) is 28.9 Å². The van der Waals surface area contributed by atoms with Crippen molar-refractivity contribution in [3.63, 3.8) is 0 Å². The van der Waals surface area contributed by atoms with E-state index in [2.05, 4.69) is 4.57 Å². The number of carboxylic acid groups (broad SMARTS) is 1. The lowest BCUT2D eigenvalue weighted by atomic mass is 10.0. The predicted molar refractivity (Wildman–Crippen MR) is 79.7 cm³/mol. The van der Waals surface area contributed by atoms with Crippen molar-refractivity contribution in [1.29, 1.82) is 0 Å². The number of aromatic carboxylic acids is 1. The normalized spacial score (nSPS) is 16.0. The molecule has 0 bridgehead atoms. The summed E-state index contributed by atoms with van der Waals surface area (Å²) in [5, 5.41) is 9.42. The van der Waals surface area contributed by atoms with Crippen molar-refractivity contribution in [2.75, 3.05) is 13.2 Å². The molecule has 1 aliphatic heterocycles. The van der Waals surface area contributed by atoms with Crippen LogP contribution in [0.5, 0.6) is 0 Å². The van der Waals surface area contributed by atoms with E-state index in [9.17, 15) is 9.90 Å². The topological polar surface area (TPSA) is 51.5 Å². The number of ether oxygens (including phenoxy) is 1. The van der Waals surface area contributed by atoms with Crippen LogP contribution >= 0.6 is 0 Å². The molecule has 0 aliphatic carbocycles. The van der Waals surface area contributed by atoms with Crippen LogP contribution in [-0.2, 0) is 11.2 Å². The first-order valence-corrected chi connectivity index (χ1v) is 7.30. The highest BCUT2D eigenvalue weighted by Gasteiger charge is 2.22. The quantitative estimate of drug-likeness (QED) is 0.939. The van der Waals surface area contributed by atoms with Crippen LogP contribution in [0.2, 0.25) is 0 Å². The summed E-state index contributed by atoms with van der Waals surface area (Å²) in [6, 6.07) is 12.1. The number of benzene rings is 1. The lowest BCUT2D eigenvalue weighted by molar-refractivity contribution is 0.0678. The molecule has 4 nitrogen and oxygen atoms in total. The van der Waals surface area contributed by atoms with Crippen LogP contribution in [0.3, 0.4) is 0 Å². The van der Waals surface area contributed by atoms with Gasteiger partial charge in [-0.15, -0.1) is 0 Å². The molecule has 110 valence electrons. The summed E-state index contributed by atoms with van der Waals surface area (Å²) in [7, 11) is 0. The summed E-state index contributed by atoms with van der Waals surface area (Å²) in [6.07, 6.45) is 4.44. The molecule has 0 atom stereocenters. The van der Waals surface area contributed by atoms with Crippen LogP contribution in [0.25, 0.3) is 0 Å². The molecular weight excluding hydrogens is 266 g/mol. The van der Waals surface area contributed by atoms with Gasteiger partial charge in [-0.25, -0.2) is 4.79 Å². The van der Waals surface area contributed by atoms with E-state index in [4.69, 9.17) is 4.74 Å². The molecule has 0 spiro atoms. The van der Waals surface area contributed by atoms with Gasteiger partial charge in [0.15, 0.2) is 0 Å². The van der Waals surface area contributed by atoms with Gasteiger partial charge in [0.2, 0.25) is 0 Å². The Morgan fingerprint density at radius 2 is 1.90 bits per heavy atom. The van der Waals surface area contributed by atoms with Gasteiger partial charge in [0.05, 0.1) is 5.56 Å². The minimum Gasteiger partial charge on any atom is -0.478 e. The third-order valence-electron chi connectivity index (χ3n) is 4.05. The maximum atomic E-state index is 11.5. The molecule has 1 aromatic heterocycles. The van der Waals surface area contributed by atoms with Gasteiger partial charge < -0.3 is 14.4 Å². The van der Waals surface area contributed by atoms with Gasteiger partial charge in [-0.2, -0.15) is 0 Å². The molecule has 21 heavy (non-hydrogen) atoms. The van der Waals surface area contributed by atoms with E-state index < -0.39 is 5.97 Å². The number of nitrogens with zero attached hydrogens (tertiary/aromatic N) is 1. The molecule has 1 aromatic carbocycles. The highest BCUT2D eigenvalue weighted by atomic mass is 16.5. The van der Waals surface area contributed by atoms with Crippen molar-refractivity contribution in [3.8, 4) is 0 Å². The van der Waals surface area contributed by atoms with Gasteiger partial charge in [-0.05, 0) is 24.5 Å². The second-order valence-electron chi connectivity index (χ2n) is 5.39. The van der Waals surface area contributed by atoms with Crippen molar-refractivity contribution >= 4 is 5.97 Å². The predicted octanol–water partition coefficient (Wildman–Crippen LogP) is 3.13. The summed E-state index contributed by atoms with van der Waals surface area (Å²) in [5.74, 6) is -0.855. The Morgan fingerprint density at radius 3 is 2.57 bits per heavy atom. The van der Waals surface area contributed by atoms with E-state index in [1.165, 1.54) is 0 Å². The van der Waals surface area contributed by atoms with Gasteiger partial charge in [0.25, 0.3) is 0 Å². The third kappa shape index (κ3) is 3.00. The largest absolute Gasteiger partial charge is 0.478 e. The zero-order valence-corrected chi connectivity index (χ0v) is 11.9. The molecule has 1 aliphatic rings. The van der Waals surface area contributed by atoms with Crippen molar-refractivity contribution < 1.29 is 14.6 Å². The average Bonchev–Trinajstić information content (AvgIpc) is 2.93. The van der Waals surface area contributed by atoms with Crippen LogP contribution in [0, 0.1) is 0 Å². The molecule has 3 rings (SSSR count). The molecule has 0 saturated carbocycles. The van der Waals surface area contributed by atoms with Crippen LogP contribution in [0.1, 0.15) is 40.5 Å². The van der Waals surface area contributed by atoms with Crippen molar-refractivity contribution in [1.82, 2.24) is 4.57 Å². The number of hydrogen-bond donors (Lipinski definition) is 1. The second kappa shape index (κ2) is 6.14. The van der Waals surface area contributed by atoms with Gasteiger partial charge >= 0.3 is 5.97 Å². The Morgan fingerprint density at radius 1 is 1.19 bits per heavy atom. The molecule has 0 radical (unpaired) electrons. The lowest BCUT2D eigenvalue weighted by Crippen LogP contribution is -2.21. The first-order chi connectivity index (χ1) is 10.3. The van der Waals surface area contributed by atoms with E-state index in [0.717, 1.165) is 37.3 Å². The van der Waals surface area contributed by atoms with Crippen molar-refractivity contribution in [2.45, 2.75) is 25.3 Å². The average molecular weight is 285 g/mol. The smallest absolute Gasteiger partial charge is 0.337 e. The number of rotatable bonds is 4. The van der Waals surface area contributed by atoms with Crippen molar-refractivity contribution in [3.05, 3.63) is 59.4 Å². The van der Waals surface area contributed by atoms with Crippen molar-refractivity contribution in [2.24, 2.45) is 0 Å². The number of aromatic nitrogens is 1. The first-order valence-electron chi connectivity index (χ1n) is 7.30. The van der Waals surface area contributed by atoms with Gasteiger partial charge in [0, 0.05) is 37.6 Å². The van der Waals surface area contributed by atoms with Crippen LogP contribution in [0.4, 0.5) is 0 Å². The van der Waals surface area contributed by atoms with E-state index >= 15 is 0 Å². The first kappa shape index (κ1) is 13.9. The van der Waals surface area contributed by atoms with E-state index in [0.29, 0.717) is 18.0 Å². The summed E-state index contributed by atoms with van der Waals surface area (Å²) in [5.41, 5.74) is 2.43. The van der Waals surface area contributed by atoms with Gasteiger partial charge in [0.1, 0.15) is 0 Å². The molecule has 1 saturated heterocycles. The molecule has 2 aromatic rings. The van der Waals surface area contributed by atoms with Gasteiger partial charge in [-0.1, -0.05) is 30.3 Å². The Bertz CT molecular complexity index is 612. The second-order valence-corrected chi connectivity index (χ2v) is 5.39. The molecule has 4 heteroatoms. The minimum atomic E-state index is -0.855. The summed E-state index contributed by atoms with van der Waals surface area (Å²) < 4.78 is 7.54. The Balaban J connectivity index is 1.94. The molecule has 0 amide bonds. The molecule has 0 unspecified atom stereocenters. The van der Waals surface area contributed by atoms with E-state index in [1.54, 1.807) is 6.07 Å². The summed E-state index contributed by atoms with van der Waals surface area (Å²) in [4.78, 5) is 11.5. The zero-order chi connectivity index (χ0) is 14.7. The standard InChI is InChI=1S/C17H19NO3/c19-17(20)15-6-9-18(14-7-10-21-11-8-14)16(15)12-13-4-2-1-3-5-13/h1-6,9,14H,7-8,10-12H2,(H,19,20). The minimum absolute atomic E-state index is 0.338. The maximum absolute atomic E-state index is 11.5. The summed E-state index contributed by atoms with van der Waals surface area (Å²) in [6.45, 7) is 1.49. The van der Waals surface area contributed by atoms with E-state index in [-0.39, 0.29) is 0 Å². The molecule has 2 heterocycles. The molecular formula is C17H19NO3. The Kier molecular flexibility index (Phi) is 4.06. The molecule has 1 N–H and O–H groups in total. The van der Waals surface area contributed by atoms with E-state index in [1.807, 2.05) is 36.5 Å². The van der Waals surface area contributed by atoms with Crippen LogP contribution in [0.15, 0.2) is 42.6 Å². The highest BCUT2D eigenvalue weighted by molar-refractivity contribution is 5.89. The number of carboxylic acids is 1. The third-order valence-corrected chi connectivity index (χ3v) is 4.05. The van der Waals surface area contributed by atoms with Crippen LogP contribution < -0.4 is 0 Å². The fraction of sp³-hybridized carbons (Fsp3) is 0.353. The number of hydrogen-bond acceptors (Lipinski definition) is 2. The zero-order valence-electron chi connectivity index (χ0n) is 11.9. The lowest BCUT2D eigenvalue weighted by Gasteiger charge is -2.26. The maximum Gasteiger partial charge on any atom is 0.337 e. The Hall–Kier alpha value is -2.07.